The second kappa shape index (κ2) is 13.9. The van der Waals surface area contributed by atoms with Crippen molar-refractivity contribution in [3.05, 3.63) is 0 Å². The third-order valence-corrected chi connectivity index (χ3v) is 7.67. The normalized spacial score (nSPS) is 11.2. The van der Waals surface area contributed by atoms with Crippen LogP contribution in [0.5, 0.6) is 0 Å². The van der Waals surface area contributed by atoms with Crippen LogP contribution in [0.3, 0.4) is 0 Å². The van der Waals surface area contributed by atoms with E-state index in [1.807, 2.05) is 0 Å². The van der Waals surface area contributed by atoms with E-state index in [0.717, 1.165) is 13.2 Å². The van der Waals surface area contributed by atoms with E-state index in [9.17, 15) is 0 Å². The van der Waals surface area contributed by atoms with Crippen LogP contribution in [0.25, 0.3) is 0 Å². The molecule has 2 nitrogen and oxygen atoms in total. The van der Waals surface area contributed by atoms with E-state index in [0.29, 0.717) is 14.5 Å². The van der Waals surface area contributed by atoms with Crippen LogP contribution in [-0.4, -0.2) is 27.7 Å². The predicted octanol–water partition coefficient (Wildman–Crippen LogP) is 4.77. The Morgan fingerprint density at radius 3 is 1.75 bits per heavy atom. The Labute approximate surface area is 109 Å². The van der Waals surface area contributed by atoms with Crippen molar-refractivity contribution in [2.24, 2.45) is 0 Å². The second-order valence-electron chi connectivity index (χ2n) is 3.78. The molecule has 0 unspecified atom stereocenters. The Morgan fingerprint density at radius 1 is 0.812 bits per heavy atom. The fourth-order valence-corrected chi connectivity index (χ4v) is 6.25. The van der Waals surface area contributed by atoms with Gasteiger partial charge in [-0.15, -0.1) is 0 Å². The van der Waals surface area contributed by atoms with Crippen molar-refractivity contribution in [2.75, 3.05) is 13.2 Å². The van der Waals surface area contributed by atoms with Gasteiger partial charge in [-0.05, 0) is 0 Å². The van der Waals surface area contributed by atoms with Crippen molar-refractivity contribution in [1.29, 1.82) is 0 Å². The van der Waals surface area contributed by atoms with Gasteiger partial charge in [0.1, 0.15) is 0 Å². The third kappa shape index (κ3) is 11.4. The molecule has 0 aromatic heterocycles. The van der Waals surface area contributed by atoms with Gasteiger partial charge in [0.25, 0.3) is 0 Å². The molecule has 0 radical (unpaired) electrons. The summed E-state index contributed by atoms with van der Waals surface area (Å²) in [4.78, 5) is 0. The van der Waals surface area contributed by atoms with Crippen LogP contribution in [-0.2, 0) is 9.05 Å². The standard InChI is InChI=1S/C12H27O2PSe/c1-4-7-10-13-15(14-11-8-5-2)16-12-9-6-3/h4-12H2,1-3H3. The Kier molecular flexibility index (Phi) is 14.7. The van der Waals surface area contributed by atoms with Crippen LogP contribution in [0.4, 0.5) is 0 Å². The van der Waals surface area contributed by atoms with Crippen LogP contribution in [0, 0.1) is 0 Å². The first-order valence-corrected chi connectivity index (χ1v) is 11.1. The molecule has 0 spiro atoms. The van der Waals surface area contributed by atoms with Crippen molar-refractivity contribution in [3.63, 3.8) is 0 Å². The summed E-state index contributed by atoms with van der Waals surface area (Å²) in [6, 6.07) is 0. The van der Waals surface area contributed by atoms with E-state index in [1.54, 1.807) is 0 Å². The minimum atomic E-state index is -0.533. The van der Waals surface area contributed by atoms with Crippen molar-refractivity contribution >= 4 is 21.6 Å². The molecule has 16 heavy (non-hydrogen) atoms. The molecule has 0 fully saturated rings. The zero-order valence-corrected chi connectivity index (χ0v) is 13.6. The molecule has 0 saturated carbocycles. The van der Waals surface area contributed by atoms with E-state index in [1.165, 1.54) is 43.8 Å². The molecule has 0 N–H and O–H groups in total. The predicted molar refractivity (Wildman–Crippen MR) is 74.1 cm³/mol. The Hall–Kier alpha value is 0.869. The number of hydrogen-bond acceptors (Lipinski definition) is 2. The molecule has 0 aromatic rings. The topological polar surface area (TPSA) is 18.5 Å². The van der Waals surface area contributed by atoms with E-state index in [-0.39, 0.29) is 0 Å². The molecule has 4 heteroatoms. The zero-order valence-electron chi connectivity index (χ0n) is 11.0. The summed E-state index contributed by atoms with van der Waals surface area (Å²) in [6.45, 7) is 8.43. The van der Waals surface area contributed by atoms with Gasteiger partial charge in [-0.1, -0.05) is 0 Å². The van der Waals surface area contributed by atoms with Crippen LogP contribution in [0.2, 0.25) is 5.32 Å². The third-order valence-electron chi connectivity index (χ3n) is 2.08. The maximum atomic E-state index is 5.85. The van der Waals surface area contributed by atoms with E-state index in [4.69, 9.17) is 9.05 Å². The SMILES string of the molecule is CCCCOP(OCCCC)[Se]CCCC. The molecule has 0 heterocycles. The molecule has 0 atom stereocenters. The van der Waals surface area contributed by atoms with Crippen LogP contribution in [0.1, 0.15) is 59.3 Å². The molecule has 0 amide bonds. The molecule has 98 valence electrons. The summed E-state index contributed by atoms with van der Waals surface area (Å²) >= 11 is 0.562. The molecule has 0 aliphatic rings. The Bertz CT molecular complexity index is 112. The fourth-order valence-electron chi connectivity index (χ4n) is 0.962. The summed E-state index contributed by atoms with van der Waals surface area (Å²) in [5.74, 6) is 0. The van der Waals surface area contributed by atoms with Gasteiger partial charge < -0.3 is 0 Å². The van der Waals surface area contributed by atoms with E-state index < -0.39 is 7.07 Å². The Balaban J connectivity index is 3.58. The van der Waals surface area contributed by atoms with Gasteiger partial charge in [0.15, 0.2) is 0 Å². The summed E-state index contributed by atoms with van der Waals surface area (Å²) in [5, 5.41) is 1.31. The molecule has 0 aromatic carbocycles. The fraction of sp³-hybridized carbons (Fsp3) is 1.00. The summed E-state index contributed by atoms with van der Waals surface area (Å²) < 4.78 is 11.7. The molecular weight excluding hydrogens is 286 g/mol. The average molecular weight is 313 g/mol. The van der Waals surface area contributed by atoms with Crippen molar-refractivity contribution < 1.29 is 9.05 Å². The zero-order chi connectivity index (χ0) is 12.1. The maximum absolute atomic E-state index is 5.85. The first-order valence-electron chi connectivity index (χ1n) is 6.54. The van der Waals surface area contributed by atoms with Crippen LogP contribution >= 0.6 is 7.07 Å². The molecule has 0 saturated heterocycles. The van der Waals surface area contributed by atoms with Crippen molar-refractivity contribution in [1.82, 2.24) is 0 Å². The first kappa shape index (κ1) is 16.9. The summed E-state index contributed by atoms with van der Waals surface area (Å²) in [5.41, 5.74) is 0. The van der Waals surface area contributed by atoms with Gasteiger partial charge in [0, 0.05) is 0 Å². The number of unbranched alkanes of at least 4 members (excludes halogenated alkanes) is 3. The minimum absolute atomic E-state index is 0.533. The van der Waals surface area contributed by atoms with Crippen molar-refractivity contribution in [2.45, 2.75) is 64.6 Å². The van der Waals surface area contributed by atoms with Crippen LogP contribution in [0.15, 0.2) is 0 Å². The van der Waals surface area contributed by atoms with E-state index in [2.05, 4.69) is 20.8 Å². The number of hydrogen-bond donors (Lipinski definition) is 0. The number of rotatable bonds is 12. The molecule has 0 bridgehead atoms. The van der Waals surface area contributed by atoms with Crippen molar-refractivity contribution in [3.8, 4) is 0 Å². The monoisotopic (exact) mass is 314 g/mol. The summed E-state index contributed by atoms with van der Waals surface area (Å²) in [7, 11) is -0.533. The summed E-state index contributed by atoms with van der Waals surface area (Å²) in [6.07, 6.45) is 7.36. The van der Waals surface area contributed by atoms with Gasteiger partial charge in [-0.3, -0.25) is 0 Å². The van der Waals surface area contributed by atoms with Crippen LogP contribution < -0.4 is 0 Å². The average Bonchev–Trinajstić information content (AvgIpc) is 2.29. The second-order valence-corrected chi connectivity index (χ2v) is 9.36. The molecule has 0 rings (SSSR count). The van der Waals surface area contributed by atoms with Gasteiger partial charge in [-0.2, -0.15) is 0 Å². The van der Waals surface area contributed by atoms with Gasteiger partial charge >= 0.3 is 108 Å². The first-order chi connectivity index (χ1) is 7.85. The molecule has 0 aliphatic carbocycles. The molecular formula is C12H27O2PSe. The molecule has 0 aliphatic heterocycles. The van der Waals surface area contributed by atoms with Gasteiger partial charge in [0.2, 0.25) is 0 Å². The van der Waals surface area contributed by atoms with Gasteiger partial charge in [0.05, 0.1) is 0 Å². The Morgan fingerprint density at radius 2 is 1.31 bits per heavy atom. The van der Waals surface area contributed by atoms with Gasteiger partial charge in [-0.25, -0.2) is 0 Å². The quantitative estimate of drug-likeness (QED) is 0.293. The van der Waals surface area contributed by atoms with E-state index >= 15 is 0 Å².